The minimum absolute atomic E-state index is 0.422. The molecule has 0 aliphatic rings. The average Bonchev–Trinajstić information content (AvgIpc) is 3.18. The number of rotatable bonds is 3. The van der Waals surface area contributed by atoms with Gasteiger partial charge in [-0.1, -0.05) is 6.07 Å². The van der Waals surface area contributed by atoms with Gasteiger partial charge in [0.15, 0.2) is 6.33 Å². The van der Waals surface area contributed by atoms with Crippen LogP contribution >= 0.6 is 0 Å². The van der Waals surface area contributed by atoms with E-state index in [-0.39, 0.29) is 0 Å². The molecule has 3 aromatic heterocycles. The normalized spacial score (nSPS) is 13.1. The number of aromatic nitrogens is 9. The van der Waals surface area contributed by atoms with E-state index in [1.54, 1.807) is 26.2 Å². The summed E-state index contributed by atoms with van der Waals surface area (Å²) < 4.78 is 0. The number of aliphatic hydroxyl groups excluding tert-OH is 2. The first-order valence-corrected chi connectivity index (χ1v) is 6.70. The predicted molar refractivity (Wildman–Crippen MR) is 77.5 cm³/mol. The van der Waals surface area contributed by atoms with Crippen LogP contribution in [0.25, 0.3) is 11.5 Å². The molecule has 0 bridgehead atoms. The summed E-state index contributed by atoms with van der Waals surface area (Å²) in [7, 11) is 3.38. The SMILES string of the molecule is CC(O)C(O)c1ccc(-c2nnn(C)n2)nc1.Cn1ncnn1. The van der Waals surface area contributed by atoms with Gasteiger partial charge < -0.3 is 10.2 Å². The van der Waals surface area contributed by atoms with E-state index in [1.165, 1.54) is 29.0 Å². The van der Waals surface area contributed by atoms with E-state index in [0.29, 0.717) is 17.1 Å². The van der Waals surface area contributed by atoms with Crippen LogP contribution in [0.4, 0.5) is 0 Å². The molecule has 0 fully saturated rings. The molecule has 0 spiro atoms. The molecule has 0 saturated carbocycles. The second kappa shape index (κ2) is 7.47. The van der Waals surface area contributed by atoms with Crippen molar-refractivity contribution in [3.8, 4) is 11.5 Å². The van der Waals surface area contributed by atoms with Crippen molar-refractivity contribution in [1.29, 1.82) is 0 Å². The molecule has 0 aliphatic heterocycles. The molecule has 0 saturated heterocycles. The van der Waals surface area contributed by atoms with Crippen molar-refractivity contribution in [1.82, 2.24) is 45.4 Å². The quantitative estimate of drug-likeness (QED) is 0.615. The number of aliphatic hydroxyl groups is 2. The summed E-state index contributed by atoms with van der Waals surface area (Å²) in [6.07, 6.45) is 1.10. The van der Waals surface area contributed by atoms with Crippen LogP contribution in [0.5, 0.6) is 0 Å². The van der Waals surface area contributed by atoms with E-state index in [4.69, 9.17) is 0 Å². The zero-order valence-electron chi connectivity index (χ0n) is 12.9. The van der Waals surface area contributed by atoms with Crippen molar-refractivity contribution in [2.75, 3.05) is 0 Å². The third-order valence-corrected chi connectivity index (χ3v) is 2.77. The van der Waals surface area contributed by atoms with E-state index < -0.39 is 12.2 Å². The van der Waals surface area contributed by atoms with Crippen molar-refractivity contribution >= 4 is 0 Å². The third kappa shape index (κ3) is 4.59. The fourth-order valence-corrected chi connectivity index (χ4v) is 1.60. The number of hydrogen-bond donors (Lipinski definition) is 2. The molecule has 3 heterocycles. The summed E-state index contributed by atoms with van der Waals surface area (Å²) in [4.78, 5) is 6.85. The number of hydrogen-bond acceptors (Lipinski definition) is 9. The number of nitrogens with zero attached hydrogens (tertiary/aromatic N) is 9. The maximum atomic E-state index is 9.63. The molecule has 0 aromatic carbocycles. The first kappa shape index (κ1) is 16.6. The summed E-state index contributed by atoms with van der Waals surface area (Å²) in [5, 5.41) is 40.9. The van der Waals surface area contributed by atoms with Crippen LogP contribution < -0.4 is 0 Å². The Bertz CT molecular complexity index is 708. The van der Waals surface area contributed by atoms with Gasteiger partial charge in [-0.05, 0) is 23.4 Å². The zero-order chi connectivity index (χ0) is 16.8. The molecule has 2 N–H and O–H groups in total. The zero-order valence-corrected chi connectivity index (χ0v) is 12.9. The van der Waals surface area contributed by atoms with Crippen molar-refractivity contribution in [2.45, 2.75) is 19.1 Å². The number of pyridine rings is 1. The summed E-state index contributed by atoms with van der Waals surface area (Å²) in [5.41, 5.74) is 1.12. The van der Waals surface area contributed by atoms with Crippen LogP contribution in [0, 0.1) is 0 Å². The van der Waals surface area contributed by atoms with E-state index in [9.17, 15) is 10.2 Å². The van der Waals surface area contributed by atoms with Crippen LogP contribution in [-0.2, 0) is 14.1 Å². The van der Waals surface area contributed by atoms with Crippen molar-refractivity contribution in [2.24, 2.45) is 14.1 Å². The summed E-state index contributed by atoms with van der Waals surface area (Å²) in [5.74, 6) is 0.422. The van der Waals surface area contributed by atoms with E-state index in [0.717, 1.165) is 0 Å². The lowest BCUT2D eigenvalue weighted by Gasteiger charge is -2.13. The largest absolute Gasteiger partial charge is 0.390 e. The summed E-state index contributed by atoms with van der Waals surface area (Å²) in [6.45, 7) is 1.52. The maximum absolute atomic E-state index is 9.63. The van der Waals surface area contributed by atoms with Gasteiger partial charge in [0.05, 0.1) is 20.2 Å². The monoisotopic (exact) mass is 319 g/mol. The minimum atomic E-state index is -0.939. The van der Waals surface area contributed by atoms with Gasteiger partial charge in [-0.3, -0.25) is 4.98 Å². The molecule has 2 unspecified atom stereocenters. The number of tetrazole rings is 2. The Morgan fingerprint density at radius 1 is 1.09 bits per heavy atom. The van der Waals surface area contributed by atoms with E-state index in [1.807, 2.05) is 0 Å². The van der Waals surface area contributed by atoms with Crippen LogP contribution in [-0.4, -0.2) is 61.7 Å². The van der Waals surface area contributed by atoms with Crippen molar-refractivity contribution < 1.29 is 10.2 Å². The van der Waals surface area contributed by atoms with Gasteiger partial charge in [-0.25, -0.2) is 0 Å². The molecule has 0 radical (unpaired) electrons. The van der Waals surface area contributed by atoms with Gasteiger partial charge in [-0.15, -0.1) is 20.4 Å². The van der Waals surface area contributed by atoms with Gasteiger partial charge in [0.1, 0.15) is 11.8 Å². The first-order valence-electron chi connectivity index (χ1n) is 6.70. The molecule has 11 heteroatoms. The highest BCUT2D eigenvalue weighted by molar-refractivity contribution is 5.47. The molecule has 23 heavy (non-hydrogen) atoms. The predicted octanol–water partition coefficient (Wildman–Crippen LogP) is -1.10. The highest BCUT2D eigenvalue weighted by Gasteiger charge is 2.14. The van der Waals surface area contributed by atoms with Gasteiger partial charge in [0, 0.05) is 11.8 Å². The van der Waals surface area contributed by atoms with Gasteiger partial charge >= 0.3 is 0 Å². The van der Waals surface area contributed by atoms with Gasteiger partial charge in [-0.2, -0.15) is 9.59 Å². The molecule has 3 rings (SSSR count). The highest BCUT2D eigenvalue weighted by atomic mass is 16.3. The minimum Gasteiger partial charge on any atom is -0.390 e. The Morgan fingerprint density at radius 2 is 1.87 bits per heavy atom. The lowest BCUT2D eigenvalue weighted by molar-refractivity contribution is 0.0303. The second-order valence-electron chi connectivity index (χ2n) is 4.69. The Kier molecular flexibility index (Phi) is 5.38. The molecule has 3 aromatic rings. The molecule has 0 amide bonds. The third-order valence-electron chi connectivity index (χ3n) is 2.77. The second-order valence-corrected chi connectivity index (χ2v) is 4.69. The lowest BCUT2D eigenvalue weighted by Crippen LogP contribution is -2.13. The fourth-order valence-electron chi connectivity index (χ4n) is 1.60. The number of aryl methyl sites for hydroxylation is 2. The van der Waals surface area contributed by atoms with Gasteiger partial charge in [0.25, 0.3) is 0 Å². The summed E-state index contributed by atoms with van der Waals surface area (Å²) >= 11 is 0. The van der Waals surface area contributed by atoms with E-state index >= 15 is 0 Å². The van der Waals surface area contributed by atoms with Crippen LogP contribution in [0.3, 0.4) is 0 Å². The molecule has 11 nitrogen and oxygen atoms in total. The van der Waals surface area contributed by atoms with Crippen LogP contribution in [0.1, 0.15) is 18.6 Å². The molecule has 2 atom stereocenters. The topological polar surface area (TPSA) is 141 Å². The lowest BCUT2D eigenvalue weighted by atomic mass is 10.1. The molecular weight excluding hydrogens is 302 g/mol. The Labute approximate surface area is 131 Å². The standard InChI is InChI=1S/C10H13N5O2.C2H4N4/c1-6(16)9(17)7-3-4-8(11-5-7)10-12-14-15(2)13-10;1-6-4-2-3-5-6/h3-6,9,16-17H,1-2H3;2H,1H3. The van der Waals surface area contributed by atoms with Crippen LogP contribution in [0.2, 0.25) is 0 Å². The Morgan fingerprint density at radius 3 is 2.26 bits per heavy atom. The van der Waals surface area contributed by atoms with Gasteiger partial charge in [0.2, 0.25) is 5.82 Å². The van der Waals surface area contributed by atoms with Crippen molar-refractivity contribution in [3.63, 3.8) is 0 Å². The summed E-state index contributed by atoms with van der Waals surface area (Å²) in [6, 6.07) is 3.36. The maximum Gasteiger partial charge on any atom is 0.223 e. The molecule has 122 valence electrons. The Balaban J connectivity index is 0.000000268. The van der Waals surface area contributed by atoms with E-state index in [2.05, 4.69) is 35.8 Å². The smallest absolute Gasteiger partial charge is 0.223 e. The average molecular weight is 319 g/mol. The van der Waals surface area contributed by atoms with Crippen molar-refractivity contribution in [3.05, 3.63) is 30.2 Å². The first-order chi connectivity index (χ1) is 11.0. The molecule has 0 aliphatic carbocycles. The Hall–Kier alpha value is -2.79. The fraction of sp³-hybridized carbons (Fsp3) is 0.417. The highest BCUT2D eigenvalue weighted by Crippen LogP contribution is 2.18. The van der Waals surface area contributed by atoms with Crippen LogP contribution in [0.15, 0.2) is 24.7 Å². The molecular formula is C12H17N9O2.